The van der Waals surface area contributed by atoms with Gasteiger partial charge in [0.25, 0.3) is 5.91 Å². The lowest BCUT2D eigenvalue weighted by atomic mass is 10.1. The van der Waals surface area contributed by atoms with Crippen molar-refractivity contribution in [1.29, 1.82) is 0 Å². The Morgan fingerprint density at radius 2 is 1.62 bits per heavy atom. The average Bonchev–Trinajstić information content (AvgIpc) is 2.49. The molecule has 2 N–H and O–H groups in total. The van der Waals surface area contributed by atoms with Gasteiger partial charge in [-0.3, -0.25) is 4.79 Å². The van der Waals surface area contributed by atoms with Crippen LogP contribution in [0, 0.1) is 6.92 Å². The Morgan fingerprint density at radius 1 is 1.00 bits per heavy atom. The quantitative estimate of drug-likeness (QED) is 0.847. The van der Waals surface area contributed by atoms with Crippen molar-refractivity contribution in [2.24, 2.45) is 0 Å². The SMILES string of the molecule is Cc1ccc(/C=C(/NC(=O)c2ccccc2)C(=O)O)cc1. The topological polar surface area (TPSA) is 66.4 Å². The first-order valence-corrected chi connectivity index (χ1v) is 6.44. The molecular weight excluding hydrogens is 266 g/mol. The van der Waals surface area contributed by atoms with Gasteiger partial charge in [0.2, 0.25) is 0 Å². The fourth-order valence-electron chi connectivity index (χ4n) is 1.76. The first kappa shape index (κ1) is 14.5. The molecule has 4 heteroatoms. The van der Waals surface area contributed by atoms with Gasteiger partial charge in [0.1, 0.15) is 5.70 Å². The Morgan fingerprint density at radius 3 is 2.19 bits per heavy atom. The van der Waals surface area contributed by atoms with Crippen molar-refractivity contribution in [2.45, 2.75) is 6.92 Å². The Balaban J connectivity index is 2.22. The number of carboxylic acid groups (broad SMARTS) is 1. The van der Waals surface area contributed by atoms with Crippen molar-refractivity contribution >= 4 is 18.0 Å². The molecular formula is C17H15NO3. The largest absolute Gasteiger partial charge is 0.477 e. The number of amides is 1. The molecule has 0 aliphatic rings. The summed E-state index contributed by atoms with van der Waals surface area (Å²) in [6, 6.07) is 15.8. The number of aryl methyl sites for hydroxylation is 1. The summed E-state index contributed by atoms with van der Waals surface area (Å²) in [6.07, 6.45) is 1.43. The highest BCUT2D eigenvalue weighted by molar-refractivity contribution is 6.02. The Bertz CT molecular complexity index is 673. The average molecular weight is 281 g/mol. The molecule has 0 aliphatic carbocycles. The fourth-order valence-corrected chi connectivity index (χ4v) is 1.76. The molecule has 0 atom stereocenters. The highest BCUT2D eigenvalue weighted by Crippen LogP contribution is 2.08. The van der Waals surface area contributed by atoms with Gasteiger partial charge in [-0.1, -0.05) is 48.0 Å². The monoisotopic (exact) mass is 281 g/mol. The van der Waals surface area contributed by atoms with Gasteiger partial charge in [-0.15, -0.1) is 0 Å². The van der Waals surface area contributed by atoms with Gasteiger partial charge in [-0.2, -0.15) is 0 Å². The molecule has 2 rings (SSSR count). The fraction of sp³-hybridized carbons (Fsp3) is 0.0588. The van der Waals surface area contributed by atoms with Crippen LogP contribution in [0.3, 0.4) is 0 Å². The van der Waals surface area contributed by atoms with Crippen molar-refractivity contribution in [3.8, 4) is 0 Å². The zero-order valence-corrected chi connectivity index (χ0v) is 11.5. The lowest BCUT2D eigenvalue weighted by Crippen LogP contribution is -2.27. The zero-order valence-electron chi connectivity index (χ0n) is 11.5. The molecule has 0 bridgehead atoms. The summed E-state index contributed by atoms with van der Waals surface area (Å²) in [4.78, 5) is 23.2. The molecule has 0 aliphatic heterocycles. The maximum absolute atomic E-state index is 12.0. The number of nitrogens with one attached hydrogen (secondary N) is 1. The first-order valence-electron chi connectivity index (χ1n) is 6.44. The zero-order chi connectivity index (χ0) is 15.2. The molecule has 2 aromatic rings. The lowest BCUT2D eigenvalue weighted by molar-refractivity contribution is -0.132. The number of carboxylic acids is 1. The van der Waals surface area contributed by atoms with Gasteiger partial charge < -0.3 is 10.4 Å². The summed E-state index contributed by atoms with van der Waals surface area (Å²) in [5.74, 6) is -1.63. The number of carbonyl (C=O) groups is 2. The van der Waals surface area contributed by atoms with Crippen molar-refractivity contribution in [3.63, 3.8) is 0 Å². The van der Waals surface area contributed by atoms with Crippen LogP contribution in [0.2, 0.25) is 0 Å². The minimum atomic E-state index is -1.18. The van der Waals surface area contributed by atoms with E-state index in [2.05, 4.69) is 5.32 Å². The van der Waals surface area contributed by atoms with Gasteiger partial charge in [-0.25, -0.2) is 4.79 Å². The third-order valence-corrected chi connectivity index (χ3v) is 2.90. The van der Waals surface area contributed by atoms with Gasteiger partial charge in [0.05, 0.1) is 0 Å². The maximum Gasteiger partial charge on any atom is 0.352 e. The molecule has 21 heavy (non-hydrogen) atoms. The highest BCUT2D eigenvalue weighted by Gasteiger charge is 2.12. The molecule has 0 saturated heterocycles. The molecule has 0 spiro atoms. The summed E-state index contributed by atoms with van der Waals surface area (Å²) in [5.41, 5.74) is 2.05. The van der Waals surface area contributed by atoms with Gasteiger partial charge in [0, 0.05) is 5.56 Å². The summed E-state index contributed by atoms with van der Waals surface area (Å²) in [5, 5.41) is 11.6. The molecule has 0 heterocycles. The standard InChI is InChI=1S/C17H15NO3/c1-12-7-9-13(10-8-12)11-15(17(20)21)18-16(19)14-5-3-2-4-6-14/h2-11H,1H3,(H,18,19)(H,20,21)/b15-11+. The molecule has 4 nitrogen and oxygen atoms in total. The van der Waals surface area contributed by atoms with Crippen LogP contribution in [0.4, 0.5) is 0 Å². The second-order valence-electron chi connectivity index (χ2n) is 4.59. The van der Waals surface area contributed by atoms with Crippen LogP contribution in [0.15, 0.2) is 60.3 Å². The van der Waals surface area contributed by atoms with Gasteiger partial charge >= 0.3 is 5.97 Å². The smallest absolute Gasteiger partial charge is 0.352 e. The number of rotatable bonds is 4. The molecule has 0 fully saturated rings. The van der Waals surface area contributed by atoms with E-state index in [1.54, 1.807) is 42.5 Å². The molecule has 0 aromatic heterocycles. The summed E-state index contributed by atoms with van der Waals surface area (Å²) >= 11 is 0. The van der Waals surface area contributed by atoms with Crippen LogP contribution < -0.4 is 5.32 Å². The molecule has 0 radical (unpaired) electrons. The van der Waals surface area contributed by atoms with Gasteiger partial charge in [0.15, 0.2) is 0 Å². The van der Waals surface area contributed by atoms with Crippen LogP contribution >= 0.6 is 0 Å². The van der Waals surface area contributed by atoms with E-state index >= 15 is 0 Å². The number of hydrogen-bond donors (Lipinski definition) is 2. The van der Waals surface area contributed by atoms with E-state index in [4.69, 9.17) is 0 Å². The molecule has 1 amide bonds. The predicted molar refractivity (Wildman–Crippen MR) is 80.7 cm³/mol. The summed E-state index contributed by atoms with van der Waals surface area (Å²) in [6.45, 7) is 1.95. The minimum absolute atomic E-state index is 0.160. The summed E-state index contributed by atoms with van der Waals surface area (Å²) in [7, 11) is 0. The third-order valence-electron chi connectivity index (χ3n) is 2.90. The second-order valence-corrected chi connectivity index (χ2v) is 4.59. The number of hydrogen-bond acceptors (Lipinski definition) is 2. The van der Waals surface area contributed by atoms with Crippen molar-refractivity contribution in [1.82, 2.24) is 5.32 Å². The number of benzene rings is 2. The van der Waals surface area contributed by atoms with E-state index in [-0.39, 0.29) is 5.70 Å². The molecule has 0 unspecified atom stereocenters. The summed E-state index contributed by atoms with van der Waals surface area (Å²) < 4.78 is 0. The maximum atomic E-state index is 12.0. The van der Waals surface area contributed by atoms with E-state index in [1.165, 1.54) is 6.08 Å². The van der Waals surface area contributed by atoms with Crippen LogP contribution in [-0.4, -0.2) is 17.0 Å². The Hall–Kier alpha value is -2.88. The first-order chi connectivity index (χ1) is 10.1. The van der Waals surface area contributed by atoms with Gasteiger partial charge in [-0.05, 0) is 30.7 Å². The second kappa shape index (κ2) is 6.52. The number of carbonyl (C=O) groups excluding carboxylic acids is 1. The van der Waals surface area contributed by atoms with Crippen LogP contribution in [0.1, 0.15) is 21.5 Å². The molecule has 0 saturated carbocycles. The lowest BCUT2D eigenvalue weighted by Gasteiger charge is -2.06. The highest BCUT2D eigenvalue weighted by atomic mass is 16.4. The predicted octanol–water partition coefficient (Wildman–Crippen LogP) is 2.85. The van der Waals surface area contributed by atoms with Crippen LogP contribution in [0.25, 0.3) is 6.08 Å². The molecule has 106 valence electrons. The minimum Gasteiger partial charge on any atom is -0.477 e. The van der Waals surface area contributed by atoms with Crippen molar-refractivity contribution < 1.29 is 14.7 Å². The van der Waals surface area contributed by atoms with E-state index in [9.17, 15) is 14.7 Å². The van der Waals surface area contributed by atoms with Crippen LogP contribution in [-0.2, 0) is 4.79 Å². The number of aliphatic carboxylic acids is 1. The van der Waals surface area contributed by atoms with E-state index in [0.29, 0.717) is 11.1 Å². The van der Waals surface area contributed by atoms with E-state index in [0.717, 1.165) is 5.56 Å². The Labute approximate surface area is 122 Å². The van der Waals surface area contributed by atoms with Crippen LogP contribution in [0.5, 0.6) is 0 Å². The van der Waals surface area contributed by atoms with Crippen molar-refractivity contribution in [3.05, 3.63) is 77.0 Å². The van der Waals surface area contributed by atoms with E-state index < -0.39 is 11.9 Å². The van der Waals surface area contributed by atoms with Crippen molar-refractivity contribution in [2.75, 3.05) is 0 Å². The Kier molecular flexibility index (Phi) is 4.51. The normalized spacial score (nSPS) is 11.0. The van der Waals surface area contributed by atoms with E-state index in [1.807, 2.05) is 19.1 Å². The molecule has 2 aromatic carbocycles. The third kappa shape index (κ3) is 4.04.